The third kappa shape index (κ3) is 5.73. The third-order valence-corrected chi connectivity index (χ3v) is 5.61. The Kier molecular flexibility index (Phi) is 6.57. The first kappa shape index (κ1) is 20.2. The minimum atomic E-state index is -3.70. The van der Waals surface area contributed by atoms with Crippen LogP contribution in [0.1, 0.15) is 11.3 Å². The summed E-state index contributed by atoms with van der Waals surface area (Å²) < 4.78 is 33.0. The lowest BCUT2D eigenvalue weighted by Gasteiger charge is -2.06. The van der Waals surface area contributed by atoms with Gasteiger partial charge in [0.25, 0.3) is 0 Å². The first-order valence-corrected chi connectivity index (χ1v) is 10.8. The molecule has 1 amide bonds. The maximum Gasteiger partial charge on any atom is 0.246 e. The number of nitrogens with zero attached hydrogens (tertiary/aromatic N) is 1. The third-order valence-electron chi connectivity index (χ3n) is 3.79. The molecule has 0 unspecified atom stereocenters. The lowest BCUT2D eigenvalue weighted by atomic mass is 10.1. The summed E-state index contributed by atoms with van der Waals surface area (Å²) in [4.78, 5) is 12.9. The molecule has 2 heterocycles. The molecule has 0 aliphatic heterocycles. The smallest absolute Gasteiger partial charge is 0.246 e. The predicted molar refractivity (Wildman–Crippen MR) is 104 cm³/mol. The first-order valence-electron chi connectivity index (χ1n) is 8.37. The Balaban J connectivity index is 1.36. The fourth-order valence-corrected chi connectivity index (χ4v) is 3.59. The normalized spacial score (nSPS) is 11.5. The second-order valence-electron chi connectivity index (χ2n) is 5.94. The number of nitrogens with two attached hydrogens (primary N) is 1. The molecule has 1 aromatic carbocycles. The Hall–Kier alpha value is -2.53. The topological polar surface area (TPSA) is 125 Å². The molecule has 10 heteroatoms. The van der Waals surface area contributed by atoms with E-state index in [1.807, 2.05) is 17.5 Å². The van der Waals surface area contributed by atoms with Gasteiger partial charge in [0.05, 0.1) is 16.4 Å². The molecule has 0 aliphatic rings. The van der Waals surface area contributed by atoms with Gasteiger partial charge in [-0.05, 0) is 35.6 Å². The van der Waals surface area contributed by atoms with Crippen molar-refractivity contribution in [1.29, 1.82) is 0 Å². The van der Waals surface area contributed by atoms with Crippen LogP contribution in [0.15, 0.2) is 57.3 Å². The summed E-state index contributed by atoms with van der Waals surface area (Å²) in [6.07, 6.45) is 0.560. The minimum absolute atomic E-state index is 0.0591. The van der Waals surface area contributed by atoms with Gasteiger partial charge in [0.2, 0.25) is 15.9 Å². The summed E-state index contributed by atoms with van der Waals surface area (Å²) in [5, 5.41) is 13.7. The van der Waals surface area contributed by atoms with Gasteiger partial charge in [0.15, 0.2) is 5.76 Å². The molecule has 0 fully saturated rings. The van der Waals surface area contributed by atoms with Gasteiger partial charge in [-0.25, -0.2) is 13.6 Å². The average molecular weight is 422 g/mol. The number of hydrogen-bond donors (Lipinski definition) is 2. The molecule has 3 rings (SSSR count). The van der Waals surface area contributed by atoms with Crippen molar-refractivity contribution in [1.82, 2.24) is 10.5 Å². The zero-order chi connectivity index (χ0) is 20.0. The summed E-state index contributed by atoms with van der Waals surface area (Å²) in [6, 6.07) is 11.9. The van der Waals surface area contributed by atoms with Crippen molar-refractivity contribution in [3.63, 3.8) is 0 Å². The molecule has 2 aromatic heterocycles. The predicted octanol–water partition coefficient (Wildman–Crippen LogP) is 1.93. The molecular formula is C18H19N3O5S2. The van der Waals surface area contributed by atoms with Crippen molar-refractivity contribution in [2.24, 2.45) is 5.14 Å². The fourth-order valence-electron chi connectivity index (χ4n) is 2.41. The molecule has 0 saturated heterocycles. The number of aromatic nitrogens is 1. The highest BCUT2D eigenvalue weighted by Gasteiger charge is 2.09. The average Bonchev–Trinajstić information content (AvgIpc) is 3.33. The van der Waals surface area contributed by atoms with E-state index < -0.39 is 10.0 Å². The number of nitrogens with one attached hydrogen (secondary N) is 1. The van der Waals surface area contributed by atoms with Crippen LogP contribution in [-0.4, -0.2) is 32.6 Å². The number of sulfonamides is 1. The first-order chi connectivity index (χ1) is 13.4. The molecule has 0 saturated carbocycles. The van der Waals surface area contributed by atoms with Crippen LogP contribution < -0.4 is 10.5 Å². The van der Waals surface area contributed by atoms with Crippen molar-refractivity contribution in [2.75, 3.05) is 13.2 Å². The van der Waals surface area contributed by atoms with Crippen molar-refractivity contribution in [2.45, 2.75) is 17.9 Å². The summed E-state index contributed by atoms with van der Waals surface area (Å²) in [5.74, 6) is 0.426. The van der Waals surface area contributed by atoms with E-state index in [2.05, 4.69) is 10.5 Å². The highest BCUT2D eigenvalue weighted by molar-refractivity contribution is 7.89. The molecular weight excluding hydrogens is 402 g/mol. The summed E-state index contributed by atoms with van der Waals surface area (Å²) >= 11 is 1.55. The Morgan fingerprint density at radius 1 is 1.25 bits per heavy atom. The fraction of sp³-hybridized carbons (Fsp3) is 0.222. The number of benzene rings is 1. The number of ether oxygens (including phenoxy) is 1. The van der Waals surface area contributed by atoms with E-state index in [4.69, 9.17) is 14.4 Å². The van der Waals surface area contributed by atoms with Gasteiger partial charge in [-0.2, -0.15) is 0 Å². The quantitative estimate of drug-likeness (QED) is 0.544. The van der Waals surface area contributed by atoms with E-state index in [1.54, 1.807) is 29.5 Å². The molecule has 8 nitrogen and oxygen atoms in total. The van der Waals surface area contributed by atoms with Crippen LogP contribution in [0.4, 0.5) is 0 Å². The van der Waals surface area contributed by atoms with E-state index in [-0.39, 0.29) is 24.0 Å². The maximum atomic E-state index is 11.8. The van der Waals surface area contributed by atoms with E-state index in [0.29, 0.717) is 24.4 Å². The lowest BCUT2D eigenvalue weighted by molar-refractivity contribution is -0.126. The van der Waals surface area contributed by atoms with Gasteiger partial charge >= 0.3 is 0 Å². The largest absolute Gasteiger partial charge is 0.365 e. The monoisotopic (exact) mass is 421 g/mol. The van der Waals surface area contributed by atoms with Gasteiger partial charge in [-0.3, -0.25) is 4.79 Å². The number of hydrogen-bond acceptors (Lipinski definition) is 7. The van der Waals surface area contributed by atoms with Crippen LogP contribution in [-0.2, 0) is 32.6 Å². The standard InChI is InChI=1S/C18H19N3O5S2/c19-28(23,24)15-5-3-13(4-6-15)7-8-20-18(22)12-25-11-14-10-16(26-21-14)17-2-1-9-27-17/h1-6,9-10H,7-8,11-12H2,(H,20,22)(H2,19,23,24). The maximum absolute atomic E-state index is 11.8. The molecule has 3 N–H and O–H groups in total. The number of primary sulfonamides is 1. The SMILES string of the molecule is NS(=O)(=O)c1ccc(CCNC(=O)COCc2cc(-c3cccs3)on2)cc1. The minimum Gasteiger partial charge on any atom is -0.365 e. The van der Waals surface area contributed by atoms with Gasteiger partial charge in [-0.1, -0.05) is 23.4 Å². The summed E-state index contributed by atoms with van der Waals surface area (Å²) in [5.41, 5.74) is 1.50. The molecule has 0 spiro atoms. The molecule has 3 aromatic rings. The van der Waals surface area contributed by atoms with Crippen molar-refractivity contribution in [3.05, 3.63) is 59.1 Å². The Bertz CT molecular complexity index is 1010. The van der Waals surface area contributed by atoms with E-state index in [1.165, 1.54) is 12.1 Å². The number of amides is 1. The van der Waals surface area contributed by atoms with Gasteiger partial charge in [0, 0.05) is 12.6 Å². The molecule has 0 radical (unpaired) electrons. The van der Waals surface area contributed by atoms with Crippen LogP contribution in [0.25, 0.3) is 10.6 Å². The molecule has 148 valence electrons. The van der Waals surface area contributed by atoms with Gasteiger partial charge in [-0.15, -0.1) is 11.3 Å². The highest BCUT2D eigenvalue weighted by Crippen LogP contribution is 2.25. The summed E-state index contributed by atoms with van der Waals surface area (Å²) in [7, 11) is -3.70. The zero-order valence-corrected chi connectivity index (χ0v) is 16.5. The number of carbonyl (C=O) groups excluding carboxylic acids is 1. The Morgan fingerprint density at radius 3 is 2.71 bits per heavy atom. The second kappa shape index (κ2) is 9.11. The van der Waals surface area contributed by atoms with E-state index >= 15 is 0 Å². The van der Waals surface area contributed by atoms with Gasteiger partial charge in [0.1, 0.15) is 12.3 Å². The van der Waals surface area contributed by atoms with Crippen LogP contribution in [0.2, 0.25) is 0 Å². The highest BCUT2D eigenvalue weighted by atomic mass is 32.2. The molecule has 0 aliphatic carbocycles. The number of thiophene rings is 1. The van der Waals surface area contributed by atoms with E-state index in [9.17, 15) is 13.2 Å². The summed E-state index contributed by atoms with van der Waals surface area (Å²) in [6.45, 7) is 0.492. The van der Waals surface area contributed by atoms with Crippen LogP contribution in [0.5, 0.6) is 0 Å². The van der Waals surface area contributed by atoms with Crippen molar-refractivity contribution < 1.29 is 22.5 Å². The van der Waals surface area contributed by atoms with Crippen molar-refractivity contribution in [3.8, 4) is 10.6 Å². The van der Waals surface area contributed by atoms with Crippen LogP contribution in [0, 0.1) is 0 Å². The zero-order valence-electron chi connectivity index (χ0n) is 14.8. The van der Waals surface area contributed by atoms with Crippen molar-refractivity contribution >= 4 is 27.3 Å². The molecule has 0 atom stereocenters. The number of rotatable bonds is 9. The van der Waals surface area contributed by atoms with Crippen LogP contribution in [0.3, 0.4) is 0 Å². The van der Waals surface area contributed by atoms with Crippen LogP contribution >= 0.6 is 11.3 Å². The number of carbonyl (C=O) groups is 1. The van der Waals surface area contributed by atoms with Gasteiger partial charge < -0.3 is 14.6 Å². The molecule has 0 bridgehead atoms. The van der Waals surface area contributed by atoms with E-state index in [0.717, 1.165) is 10.4 Å². The lowest BCUT2D eigenvalue weighted by Crippen LogP contribution is -2.29. The Morgan fingerprint density at radius 2 is 2.04 bits per heavy atom. The Labute approximate surface area is 166 Å². The molecule has 28 heavy (non-hydrogen) atoms. The second-order valence-corrected chi connectivity index (χ2v) is 8.45.